The highest BCUT2D eigenvalue weighted by molar-refractivity contribution is 9.10. The van der Waals surface area contributed by atoms with Crippen LogP contribution in [0.4, 0.5) is 0 Å². The Balaban J connectivity index is 2.35. The second kappa shape index (κ2) is 5.22. The highest BCUT2D eigenvalue weighted by Gasteiger charge is 2.38. The third kappa shape index (κ3) is 2.64. The van der Waals surface area contributed by atoms with E-state index in [4.69, 9.17) is 0 Å². The van der Waals surface area contributed by atoms with Crippen molar-refractivity contribution >= 4 is 27.7 Å². The van der Waals surface area contributed by atoms with Crippen LogP contribution >= 0.6 is 15.9 Å². The van der Waals surface area contributed by atoms with E-state index >= 15 is 0 Å². The summed E-state index contributed by atoms with van der Waals surface area (Å²) in [6, 6.07) is 7.74. The van der Waals surface area contributed by atoms with E-state index in [-0.39, 0.29) is 23.7 Å². The molecule has 2 amide bonds. The van der Waals surface area contributed by atoms with Crippen LogP contribution in [0.15, 0.2) is 28.7 Å². The molecule has 2 unspecified atom stereocenters. The molecule has 1 aliphatic rings. The number of hydrogen-bond acceptors (Lipinski definition) is 2. The molecule has 0 aliphatic carbocycles. The highest BCUT2D eigenvalue weighted by atomic mass is 79.9. The average molecular weight is 310 g/mol. The van der Waals surface area contributed by atoms with E-state index in [9.17, 15) is 9.59 Å². The SMILES string of the molecule is CC(C)C1CC(=O)NC(=O)C1c1ccc(Br)cc1. The number of carbonyl (C=O) groups excluding carboxylic acids is 2. The van der Waals surface area contributed by atoms with Gasteiger partial charge < -0.3 is 0 Å². The molecule has 1 saturated heterocycles. The van der Waals surface area contributed by atoms with Gasteiger partial charge in [0.05, 0.1) is 5.92 Å². The lowest BCUT2D eigenvalue weighted by atomic mass is 9.75. The first-order valence-electron chi connectivity index (χ1n) is 6.08. The summed E-state index contributed by atoms with van der Waals surface area (Å²) in [5.74, 6) is -0.184. The zero-order chi connectivity index (χ0) is 13.3. The topological polar surface area (TPSA) is 46.2 Å². The van der Waals surface area contributed by atoms with Gasteiger partial charge in [-0.15, -0.1) is 0 Å². The summed E-state index contributed by atoms with van der Waals surface area (Å²) in [5, 5.41) is 2.44. The van der Waals surface area contributed by atoms with Crippen LogP contribution in [0.1, 0.15) is 31.7 Å². The molecule has 2 rings (SSSR count). The average Bonchev–Trinajstić information content (AvgIpc) is 2.29. The zero-order valence-electron chi connectivity index (χ0n) is 10.4. The van der Waals surface area contributed by atoms with Gasteiger partial charge in [-0.25, -0.2) is 0 Å². The second-order valence-corrected chi connectivity index (χ2v) is 5.97. The molecule has 18 heavy (non-hydrogen) atoms. The minimum Gasteiger partial charge on any atom is -0.296 e. The van der Waals surface area contributed by atoms with Crippen LogP contribution in [0.25, 0.3) is 0 Å². The fourth-order valence-corrected chi connectivity index (χ4v) is 2.75. The van der Waals surface area contributed by atoms with Crippen LogP contribution in [-0.4, -0.2) is 11.8 Å². The molecule has 1 aliphatic heterocycles. The van der Waals surface area contributed by atoms with E-state index in [2.05, 4.69) is 35.1 Å². The maximum Gasteiger partial charge on any atom is 0.234 e. The van der Waals surface area contributed by atoms with Crippen LogP contribution in [0.5, 0.6) is 0 Å². The smallest absolute Gasteiger partial charge is 0.234 e. The molecule has 0 aromatic heterocycles. The van der Waals surface area contributed by atoms with E-state index in [1.54, 1.807) is 0 Å². The molecule has 1 aromatic rings. The van der Waals surface area contributed by atoms with Gasteiger partial charge in [-0.05, 0) is 29.5 Å². The maximum absolute atomic E-state index is 12.1. The molecule has 1 N–H and O–H groups in total. The summed E-state index contributed by atoms with van der Waals surface area (Å²) in [7, 11) is 0. The fourth-order valence-electron chi connectivity index (χ4n) is 2.48. The van der Waals surface area contributed by atoms with E-state index in [1.165, 1.54) is 0 Å². The van der Waals surface area contributed by atoms with Gasteiger partial charge in [-0.1, -0.05) is 41.9 Å². The normalized spacial score (nSPS) is 24.2. The van der Waals surface area contributed by atoms with Crippen molar-refractivity contribution in [3.8, 4) is 0 Å². The third-order valence-electron chi connectivity index (χ3n) is 3.48. The van der Waals surface area contributed by atoms with Crippen LogP contribution in [0, 0.1) is 11.8 Å². The number of hydrogen-bond donors (Lipinski definition) is 1. The van der Waals surface area contributed by atoms with Crippen molar-refractivity contribution in [2.45, 2.75) is 26.2 Å². The minimum atomic E-state index is -0.226. The first-order valence-corrected chi connectivity index (χ1v) is 6.87. The molecule has 0 radical (unpaired) electrons. The number of piperidine rings is 1. The first kappa shape index (κ1) is 13.3. The van der Waals surface area contributed by atoms with Gasteiger partial charge in [-0.2, -0.15) is 0 Å². The van der Waals surface area contributed by atoms with Crippen molar-refractivity contribution < 1.29 is 9.59 Å². The minimum absolute atomic E-state index is 0.0763. The van der Waals surface area contributed by atoms with Gasteiger partial charge in [0.1, 0.15) is 0 Å². The number of amides is 2. The molecule has 0 spiro atoms. The Morgan fingerprint density at radius 3 is 2.39 bits per heavy atom. The maximum atomic E-state index is 12.1. The van der Waals surface area contributed by atoms with Gasteiger partial charge in [0.25, 0.3) is 0 Å². The molecule has 3 nitrogen and oxygen atoms in total. The fraction of sp³-hybridized carbons (Fsp3) is 0.429. The number of imide groups is 1. The lowest BCUT2D eigenvalue weighted by molar-refractivity contribution is -0.137. The Labute approximate surface area is 115 Å². The van der Waals surface area contributed by atoms with Gasteiger partial charge in [-0.3, -0.25) is 14.9 Å². The molecule has 0 bridgehead atoms. The Morgan fingerprint density at radius 2 is 1.83 bits per heavy atom. The molecular formula is C14H16BrNO2. The lowest BCUT2D eigenvalue weighted by Crippen LogP contribution is -2.45. The Kier molecular flexibility index (Phi) is 3.85. The quantitative estimate of drug-likeness (QED) is 0.854. The summed E-state index contributed by atoms with van der Waals surface area (Å²) in [6.07, 6.45) is 0.421. The third-order valence-corrected chi connectivity index (χ3v) is 4.01. The molecule has 0 saturated carbocycles. The number of rotatable bonds is 2. The lowest BCUT2D eigenvalue weighted by Gasteiger charge is -2.33. The molecule has 1 heterocycles. The number of halogens is 1. The summed E-state index contributed by atoms with van der Waals surface area (Å²) in [6.45, 7) is 4.12. The van der Waals surface area contributed by atoms with E-state index < -0.39 is 0 Å². The van der Waals surface area contributed by atoms with Gasteiger partial charge in [0, 0.05) is 10.9 Å². The Hall–Kier alpha value is -1.16. The van der Waals surface area contributed by atoms with Crippen molar-refractivity contribution in [2.24, 2.45) is 11.8 Å². The molecular weight excluding hydrogens is 294 g/mol. The van der Waals surface area contributed by atoms with E-state index in [0.717, 1.165) is 10.0 Å². The predicted octanol–water partition coefficient (Wildman–Crippen LogP) is 2.85. The zero-order valence-corrected chi connectivity index (χ0v) is 12.0. The van der Waals surface area contributed by atoms with E-state index in [1.807, 2.05) is 24.3 Å². The van der Waals surface area contributed by atoms with Crippen LogP contribution in [0.2, 0.25) is 0 Å². The Morgan fingerprint density at radius 1 is 1.22 bits per heavy atom. The van der Waals surface area contributed by atoms with Crippen LogP contribution < -0.4 is 5.32 Å². The van der Waals surface area contributed by atoms with Crippen molar-refractivity contribution in [1.29, 1.82) is 0 Å². The summed E-state index contributed by atoms with van der Waals surface area (Å²) >= 11 is 3.38. The summed E-state index contributed by atoms with van der Waals surface area (Å²) in [5.41, 5.74) is 0.974. The Bertz CT molecular complexity index is 467. The van der Waals surface area contributed by atoms with Gasteiger partial charge in [0.15, 0.2) is 0 Å². The van der Waals surface area contributed by atoms with E-state index in [0.29, 0.717) is 12.3 Å². The predicted molar refractivity (Wildman–Crippen MR) is 73.0 cm³/mol. The van der Waals surface area contributed by atoms with Crippen molar-refractivity contribution in [3.63, 3.8) is 0 Å². The number of nitrogens with one attached hydrogen (secondary N) is 1. The monoisotopic (exact) mass is 309 g/mol. The second-order valence-electron chi connectivity index (χ2n) is 5.05. The molecule has 4 heteroatoms. The van der Waals surface area contributed by atoms with Gasteiger partial charge >= 0.3 is 0 Å². The largest absolute Gasteiger partial charge is 0.296 e. The van der Waals surface area contributed by atoms with Gasteiger partial charge in [0.2, 0.25) is 11.8 Å². The standard InChI is InChI=1S/C14H16BrNO2/c1-8(2)11-7-12(17)16-14(18)13(11)9-3-5-10(15)6-4-9/h3-6,8,11,13H,7H2,1-2H3,(H,16,17,18). The van der Waals surface area contributed by atoms with Crippen molar-refractivity contribution in [1.82, 2.24) is 5.32 Å². The number of benzene rings is 1. The molecule has 2 atom stereocenters. The van der Waals surface area contributed by atoms with Crippen molar-refractivity contribution in [3.05, 3.63) is 34.3 Å². The summed E-state index contributed by atoms with van der Waals surface area (Å²) < 4.78 is 0.986. The summed E-state index contributed by atoms with van der Waals surface area (Å²) in [4.78, 5) is 23.5. The van der Waals surface area contributed by atoms with Crippen LogP contribution in [0.3, 0.4) is 0 Å². The molecule has 1 fully saturated rings. The van der Waals surface area contributed by atoms with Crippen LogP contribution in [-0.2, 0) is 9.59 Å². The molecule has 96 valence electrons. The molecule has 1 aromatic carbocycles. The first-order chi connectivity index (χ1) is 8.49. The number of carbonyl (C=O) groups is 2. The highest BCUT2D eigenvalue weighted by Crippen LogP contribution is 2.35. The van der Waals surface area contributed by atoms with Crippen molar-refractivity contribution in [2.75, 3.05) is 0 Å².